The molecule has 1 atom stereocenters. The zero-order valence-electron chi connectivity index (χ0n) is 26.6. The van der Waals surface area contributed by atoms with E-state index in [4.69, 9.17) is 4.98 Å². The maximum absolute atomic E-state index is 13.5. The van der Waals surface area contributed by atoms with Crippen molar-refractivity contribution in [1.29, 1.82) is 0 Å². The van der Waals surface area contributed by atoms with Crippen LogP contribution in [0.2, 0.25) is 0 Å². The number of para-hydroxylation sites is 1. The normalized spacial score (nSPS) is 17.0. The van der Waals surface area contributed by atoms with Crippen LogP contribution in [0.4, 0.5) is 11.5 Å². The highest BCUT2D eigenvalue weighted by Gasteiger charge is 2.28. The number of amides is 3. The van der Waals surface area contributed by atoms with E-state index < -0.39 is 6.04 Å². The van der Waals surface area contributed by atoms with E-state index in [1.54, 1.807) is 29.2 Å². The highest BCUT2D eigenvalue weighted by Crippen LogP contribution is 2.29. The summed E-state index contributed by atoms with van der Waals surface area (Å²) < 4.78 is 0. The summed E-state index contributed by atoms with van der Waals surface area (Å²) in [6.45, 7) is 5.31. The summed E-state index contributed by atoms with van der Waals surface area (Å²) in [7, 11) is 4.09. The molecule has 3 N–H and O–H groups in total. The molecular formula is C35H48N6O3. The molecule has 2 aromatic carbocycles. The Morgan fingerprint density at radius 2 is 1.52 bits per heavy atom. The number of carbonyl (C=O) groups excluding carboxylic acids is 3. The lowest BCUT2D eigenvalue weighted by Gasteiger charge is -2.31. The lowest BCUT2D eigenvalue weighted by atomic mass is 9.91. The lowest BCUT2D eigenvalue weighted by Crippen LogP contribution is -2.49. The minimum atomic E-state index is -0.756. The minimum Gasteiger partial charge on any atom is -0.377 e. The smallest absolute Gasteiger partial charge is 0.251 e. The van der Waals surface area contributed by atoms with Gasteiger partial charge < -0.3 is 25.8 Å². The Hall–Kier alpha value is -4.14. The average Bonchev–Trinajstić information content (AvgIpc) is 3.03. The number of pyridine rings is 1. The van der Waals surface area contributed by atoms with Gasteiger partial charge in [0.15, 0.2) is 0 Å². The number of hydrogen-bond donors (Lipinski definition) is 3. The van der Waals surface area contributed by atoms with E-state index >= 15 is 0 Å². The molecule has 0 aliphatic heterocycles. The third kappa shape index (κ3) is 8.94. The van der Waals surface area contributed by atoms with Crippen molar-refractivity contribution < 1.29 is 14.4 Å². The van der Waals surface area contributed by atoms with Crippen LogP contribution in [0, 0.1) is 0 Å². The fourth-order valence-corrected chi connectivity index (χ4v) is 5.95. The summed E-state index contributed by atoms with van der Waals surface area (Å²) in [5, 5.41) is 10.8. The van der Waals surface area contributed by atoms with Crippen LogP contribution in [0.25, 0.3) is 10.9 Å². The van der Waals surface area contributed by atoms with Crippen molar-refractivity contribution in [3.63, 3.8) is 0 Å². The van der Waals surface area contributed by atoms with Gasteiger partial charge in [-0.25, -0.2) is 4.98 Å². The molecule has 1 aliphatic carbocycles. The zero-order chi connectivity index (χ0) is 31.5. The Balaban J connectivity index is 1.31. The molecule has 0 spiro atoms. The maximum atomic E-state index is 13.5. The Bertz CT molecular complexity index is 1380. The topological polar surface area (TPSA) is 107 Å². The molecule has 0 unspecified atom stereocenters. The van der Waals surface area contributed by atoms with Gasteiger partial charge in [-0.1, -0.05) is 50.2 Å². The van der Waals surface area contributed by atoms with Gasteiger partial charge in [0.05, 0.1) is 5.52 Å². The minimum absolute atomic E-state index is 0.0856. The van der Waals surface area contributed by atoms with E-state index in [2.05, 4.69) is 33.0 Å². The van der Waals surface area contributed by atoms with Crippen LogP contribution in [-0.4, -0.2) is 72.9 Å². The van der Waals surface area contributed by atoms with Crippen LogP contribution in [0.5, 0.6) is 0 Å². The summed E-state index contributed by atoms with van der Waals surface area (Å²) in [5.41, 5.74) is 2.59. The Morgan fingerprint density at radius 1 is 0.886 bits per heavy atom. The van der Waals surface area contributed by atoms with Crippen molar-refractivity contribution in [2.24, 2.45) is 0 Å². The predicted molar refractivity (Wildman–Crippen MR) is 178 cm³/mol. The van der Waals surface area contributed by atoms with Crippen LogP contribution in [0.3, 0.4) is 0 Å². The first-order valence-corrected chi connectivity index (χ1v) is 16.1. The number of fused-ring (bicyclic) bond motifs is 1. The van der Waals surface area contributed by atoms with Gasteiger partial charge in [-0.05, 0) is 63.1 Å². The highest BCUT2D eigenvalue weighted by molar-refractivity contribution is 5.97. The van der Waals surface area contributed by atoms with Gasteiger partial charge in [0, 0.05) is 68.4 Å². The van der Waals surface area contributed by atoms with E-state index in [9.17, 15) is 14.4 Å². The van der Waals surface area contributed by atoms with E-state index in [1.165, 1.54) is 0 Å². The van der Waals surface area contributed by atoms with Gasteiger partial charge in [-0.15, -0.1) is 0 Å². The van der Waals surface area contributed by atoms with E-state index in [1.807, 2.05) is 52.2 Å². The van der Waals surface area contributed by atoms with Crippen LogP contribution in [-0.2, 0) is 9.59 Å². The molecule has 9 heteroatoms. The van der Waals surface area contributed by atoms with Gasteiger partial charge in [0.2, 0.25) is 11.8 Å². The second kappa shape index (κ2) is 16.1. The Kier molecular flexibility index (Phi) is 12.0. The summed E-state index contributed by atoms with van der Waals surface area (Å²) in [5.74, 6) is 0.352. The molecule has 44 heavy (non-hydrogen) atoms. The number of benzene rings is 2. The first kappa shape index (κ1) is 32.8. The molecule has 0 saturated heterocycles. The monoisotopic (exact) mass is 600 g/mol. The Labute approximate surface area is 261 Å². The van der Waals surface area contributed by atoms with Gasteiger partial charge in [-0.2, -0.15) is 0 Å². The van der Waals surface area contributed by atoms with Crippen molar-refractivity contribution in [2.45, 2.75) is 83.3 Å². The lowest BCUT2D eigenvalue weighted by molar-refractivity contribution is -0.133. The molecule has 1 fully saturated rings. The number of nitrogens with one attached hydrogen (secondary N) is 3. The molecule has 236 valence electrons. The molecule has 0 radical (unpaired) electrons. The fraction of sp³-hybridized carbons (Fsp3) is 0.486. The summed E-state index contributed by atoms with van der Waals surface area (Å²) in [4.78, 5) is 48.2. The molecule has 3 amide bonds. The molecule has 4 rings (SSSR count). The predicted octanol–water partition coefficient (Wildman–Crippen LogP) is 5.37. The quantitative estimate of drug-likeness (QED) is 0.230. The van der Waals surface area contributed by atoms with Gasteiger partial charge in [-0.3, -0.25) is 14.4 Å². The summed E-state index contributed by atoms with van der Waals surface area (Å²) in [6, 6.07) is 18.8. The van der Waals surface area contributed by atoms with Crippen LogP contribution in [0.15, 0.2) is 60.7 Å². The third-order valence-electron chi connectivity index (χ3n) is 8.22. The van der Waals surface area contributed by atoms with Crippen molar-refractivity contribution in [3.05, 3.63) is 66.2 Å². The van der Waals surface area contributed by atoms with Gasteiger partial charge >= 0.3 is 0 Å². The number of hydrogen-bond acceptors (Lipinski definition) is 6. The molecular weight excluding hydrogens is 552 g/mol. The second-order valence-electron chi connectivity index (χ2n) is 12.0. The first-order chi connectivity index (χ1) is 21.3. The van der Waals surface area contributed by atoms with Crippen molar-refractivity contribution in [1.82, 2.24) is 20.5 Å². The van der Waals surface area contributed by atoms with Crippen molar-refractivity contribution >= 4 is 40.1 Å². The maximum Gasteiger partial charge on any atom is 0.251 e. The van der Waals surface area contributed by atoms with Crippen LogP contribution < -0.4 is 20.9 Å². The number of rotatable bonds is 14. The molecule has 1 heterocycles. The number of carbonyl (C=O) groups is 3. The third-order valence-corrected chi connectivity index (χ3v) is 8.22. The highest BCUT2D eigenvalue weighted by atomic mass is 16.2. The largest absolute Gasteiger partial charge is 0.377 e. The van der Waals surface area contributed by atoms with Gasteiger partial charge in [0.1, 0.15) is 11.9 Å². The molecule has 0 bridgehead atoms. The number of nitrogens with zero attached hydrogens (tertiary/aromatic N) is 3. The molecule has 1 aliphatic rings. The Morgan fingerprint density at radius 3 is 2.18 bits per heavy atom. The van der Waals surface area contributed by atoms with Crippen LogP contribution in [0.1, 0.15) is 75.6 Å². The molecule has 1 aromatic heterocycles. The number of anilines is 2. The fourth-order valence-electron chi connectivity index (χ4n) is 5.95. The van der Waals surface area contributed by atoms with E-state index in [0.717, 1.165) is 60.9 Å². The zero-order valence-corrected chi connectivity index (χ0v) is 26.6. The second-order valence-corrected chi connectivity index (χ2v) is 12.0. The SMILES string of the molecule is CCCN(CCC)C(=O)[C@H](CCC(=O)NC1CCC(Nc2cc(N(C)C)c3ccccc3n2)CC1)NC(=O)c1ccccc1. The van der Waals surface area contributed by atoms with Crippen molar-refractivity contribution in [2.75, 3.05) is 37.4 Å². The molecule has 1 saturated carbocycles. The van der Waals surface area contributed by atoms with E-state index in [0.29, 0.717) is 18.7 Å². The number of aromatic nitrogens is 1. The molecule has 3 aromatic rings. The summed E-state index contributed by atoms with van der Waals surface area (Å²) in [6.07, 6.45) is 5.67. The van der Waals surface area contributed by atoms with Crippen LogP contribution >= 0.6 is 0 Å². The standard InChI is InChI=1S/C35H48N6O3/c1-5-22-41(23-6-2)35(44)30(39-34(43)25-12-8-7-9-13-25)20-21-33(42)37-27-18-16-26(17-19-27)36-32-24-31(40(3)4)28-14-10-11-15-29(28)38-32/h7-15,24,26-27,30H,5-6,16-23H2,1-4H3,(H,36,38)(H,37,42)(H,39,43)/t26?,27?,30-/m0/s1. The van der Waals surface area contributed by atoms with E-state index in [-0.39, 0.29) is 42.6 Å². The average molecular weight is 601 g/mol. The van der Waals surface area contributed by atoms with Crippen molar-refractivity contribution in [3.8, 4) is 0 Å². The first-order valence-electron chi connectivity index (χ1n) is 16.1. The van der Waals surface area contributed by atoms with Gasteiger partial charge in [0.25, 0.3) is 5.91 Å². The summed E-state index contributed by atoms with van der Waals surface area (Å²) >= 11 is 0. The molecule has 9 nitrogen and oxygen atoms in total.